The van der Waals surface area contributed by atoms with E-state index in [1.807, 2.05) is 12.1 Å². The number of methoxy groups -OCH3 is 1. The predicted octanol–water partition coefficient (Wildman–Crippen LogP) is 5.05. The van der Waals surface area contributed by atoms with E-state index in [1.165, 1.54) is 7.11 Å². The van der Waals surface area contributed by atoms with E-state index >= 15 is 0 Å². The molecule has 0 amide bonds. The van der Waals surface area contributed by atoms with Gasteiger partial charge >= 0.3 is 0 Å². The lowest BCUT2D eigenvalue weighted by Crippen LogP contribution is -2.41. The number of carbonyl (C=O) groups excluding carboxylic acids is 1. The van der Waals surface area contributed by atoms with Gasteiger partial charge in [0, 0.05) is 30.6 Å². The number of nitrogens with zero attached hydrogens (tertiary/aromatic N) is 2. The van der Waals surface area contributed by atoms with Gasteiger partial charge < -0.3 is 20.1 Å². The van der Waals surface area contributed by atoms with Gasteiger partial charge in [-0.25, -0.2) is 0 Å². The zero-order valence-corrected chi connectivity index (χ0v) is 19.7. The van der Waals surface area contributed by atoms with Crippen molar-refractivity contribution in [3.8, 4) is 22.6 Å². The summed E-state index contributed by atoms with van der Waals surface area (Å²) in [4.78, 5) is 20.2. The van der Waals surface area contributed by atoms with Crippen molar-refractivity contribution in [3.05, 3.63) is 47.1 Å². The standard InChI is InChI=1S/C26H28ClN3O3/c1-30(18-7-9-28-10-8-18)24-19-11-16(17-12-21(27)26(32)23(13-17)33-2)5-6-22(19)29-14-20(24)25(31)15-3-4-15/h5-6,11-15,18,28,32H,3-4,7-10H2,1-2H3. The SMILES string of the molecule is COc1cc(-c2ccc3ncc(C(=O)C4CC4)c(N(C)C4CCNCC4)c3c2)cc(Cl)c1O. The first kappa shape index (κ1) is 22.0. The largest absolute Gasteiger partial charge is 0.503 e. The summed E-state index contributed by atoms with van der Waals surface area (Å²) >= 11 is 6.26. The highest BCUT2D eigenvalue weighted by atomic mass is 35.5. The zero-order valence-electron chi connectivity index (χ0n) is 18.9. The van der Waals surface area contributed by atoms with Crippen LogP contribution in [0.15, 0.2) is 36.5 Å². The van der Waals surface area contributed by atoms with Crippen LogP contribution >= 0.6 is 11.6 Å². The van der Waals surface area contributed by atoms with Crippen LogP contribution in [0.4, 0.5) is 5.69 Å². The molecule has 7 heteroatoms. The van der Waals surface area contributed by atoms with Crippen molar-refractivity contribution in [1.82, 2.24) is 10.3 Å². The van der Waals surface area contributed by atoms with Gasteiger partial charge in [0.2, 0.25) is 0 Å². The molecule has 2 N–H and O–H groups in total. The molecule has 6 nitrogen and oxygen atoms in total. The van der Waals surface area contributed by atoms with Crippen LogP contribution in [-0.2, 0) is 0 Å². The highest BCUT2D eigenvalue weighted by Gasteiger charge is 2.34. The van der Waals surface area contributed by atoms with E-state index in [9.17, 15) is 9.90 Å². The molecule has 33 heavy (non-hydrogen) atoms. The summed E-state index contributed by atoms with van der Waals surface area (Å²) in [5.41, 5.74) is 4.26. The number of ketones is 1. The molecule has 0 radical (unpaired) electrons. The predicted molar refractivity (Wildman–Crippen MR) is 132 cm³/mol. The van der Waals surface area contributed by atoms with Crippen molar-refractivity contribution in [3.63, 3.8) is 0 Å². The zero-order chi connectivity index (χ0) is 23.1. The molecule has 0 bridgehead atoms. The fourth-order valence-electron chi connectivity index (χ4n) is 4.76. The molecule has 0 unspecified atom stereocenters. The normalized spacial score (nSPS) is 16.7. The number of phenols is 1. The maximum Gasteiger partial charge on any atom is 0.176 e. The maximum absolute atomic E-state index is 13.2. The Morgan fingerprint density at radius 2 is 1.91 bits per heavy atom. The lowest BCUT2D eigenvalue weighted by Gasteiger charge is -2.35. The van der Waals surface area contributed by atoms with Crippen molar-refractivity contribution in [2.45, 2.75) is 31.7 Å². The summed E-state index contributed by atoms with van der Waals surface area (Å²) in [5.74, 6) is 0.558. The van der Waals surface area contributed by atoms with E-state index in [-0.39, 0.29) is 22.5 Å². The molecular weight excluding hydrogens is 438 g/mol. The van der Waals surface area contributed by atoms with Crippen LogP contribution < -0.4 is 15.0 Å². The van der Waals surface area contributed by atoms with Crippen molar-refractivity contribution >= 4 is 34.0 Å². The molecule has 1 aliphatic heterocycles. The van der Waals surface area contributed by atoms with Crippen LogP contribution in [-0.4, -0.2) is 49.2 Å². The van der Waals surface area contributed by atoms with Gasteiger partial charge in [0.05, 0.1) is 28.9 Å². The van der Waals surface area contributed by atoms with E-state index < -0.39 is 0 Å². The average molecular weight is 466 g/mol. The molecular formula is C26H28ClN3O3. The monoisotopic (exact) mass is 465 g/mol. The smallest absolute Gasteiger partial charge is 0.176 e. The minimum atomic E-state index is -0.0750. The van der Waals surface area contributed by atoms with Gasteiger partial charge in [0.25, 0.3) is 0 Å². The minimum absolute atomic E-state index is 0.0750. The number of Topliss-reactive ketones (excluding diaryl/α,β-unsaturated/α-hetero) is 1. The van der Waals surface area contributed by atoms with Gasteiger partial charge in [0.15, 0.2) is 17.3 Å². The molecule has 2 aromatic carbocycles. The topological polar surface area (TPSA) is 74.7 Å². The molecule has 2 heterocycles. The summed E-state index contributed by atoms with van der Waals surface area (Å²) in [6, 6.07) is 9.88. The third kappa shape index (κ3) is 4.13. The summed E-state index contributed by atoms with van der Waals surface area (Å²) in [6.07, 6.45) is 5.73. The van der Waals surface area contributed by atoms with Crippen LogP contribution in [0.3, 0.4) is 0 Å². The van der Waals surface area contributed by atoms with Gasteiger partial charge in [-0.15, -0.1) is 0 Å². The van der Waals surface area contributed by atoms with Crippen LogP contribution in [0.25, 0.3) is 22.0 Å². The Hall–Kier alpha value is -2.83. The number of phenolic OH excluding ortho intramolecular Hbond substituents is 1. The Morgan fingerprint density at radius 3 is 2.61 bits per heavy atom. The Bertz CT molecular complexity index is 1220. The number of hydrogen-bond donors (Lipinski definition) is 2. The number of nitrogens with one attached hydrogen (secondary N) is 1. The van der Waals surface area contributed by atoms with Gasteiger partial charge in [-0.2, -0.15) is 0 Å². The molecule has 1 saturated carbocycles. The molecule has 2 aliphatic rings. The fraction of sp³-hybridized carbons (Fsp3) is 0.385. The van der Waals surface area contributed by atoms with E-state index in [0.29, 0.717) is 17.4 Å². The molecule has 0 atom stereocenters. The number of hydrogen-bond acceptors (Lipinski definition) is 6. The number of fused-ring (bicyclic) bond motifs is 1. The summed E-state index contributed by atoms with van der Waals surface area (Å²) in [6.45, 7) is 1.95. The second-order valence-electron chi connectivity index (χ2n) is 8.99. The van der Waals surface area contributed by atoms with Gasteiger partial charge in [-0.3, -0.25) is 9.78 Å². The number of aromatic hydroxyl groups is 1. The molecule has 2 fully saturated rings. The van der Waals surface area contributed by atoms with Crippen LogP contribution in [0, 0.1) is 5.92 Å². The van der Waals surface area contributed by atoms with E-state index in [0.717, 1.165) is 66.5 Å². The number of piperidine rings is 1. The van der Waals surface area contributed by atoms with Crippen molar-refractivity contribution in [1.29, 1.82) is 0 Å². The molecule has 1 aromatic heterocycles. The van der Waals surface area contributed by atoms with E-state index in [4.69, 9.17) is 16.3 Å². The Kier molecular flexibility index (Phi) is 5.89. The van der Waals surface area contributed by atoms with E-state index in [1.54, 1.807) is 18.3 Å². The Labute approximate surface area is 198 Å². The van der Waals surface area contributed by atoms with Crippen molar-refractivity contribution < 1.29 is 14.6 Å². The van der Waals surface area contributed by atoms with Crippen LogP contribution in [0.1, 0.15) is 36.0 Å². The number of ether oxygens (including phenoxy) is 1. The number of pyridine rings is 1. The highest BCUT2D eigenvalue weighted by Crippen LogP contribution is 2.42. The average Bonchev–Trinajstić information content (AvgIpc) is 3.70. The second-order valence-corrected chi connectivity index (χ2v) is 9.40. The summed E-state index contributed by atoms with van der Waals surface area (Å²) in [5, 5.41) is 14.7. The fourth-order valence-corrected chi connectivity index (χ4v) is 4.97. The molecule has 172 valence electrons. The quantitative estimate of drug-likeness (QED) is 0.496. The minimum Gasteiger partial charge on any atom is -0.503 e. The lowest BCUT2D eigenvalue weighted by atomic mass is 9.96. The Morgan fingerprint density at radius 1 is 1.15 bits per heavy atom. The van der Waals surface area contributed by atoms with Gasteiger partial charge in [-0.05, 0) is 74.2 Å². The van der Waals surface area contributed by atoms with E-state index in [2.05, 4.69) is 28.3 Å². The number of carbonyl (C=O) groups is 1. The number of benzene rings is 2. The number of halogens is 1. The molecule has 1 saturated heterocycles. The number of rotatable bonds is 6. The lowest BCUT2D eigenvalue weighted by molar-refractivity contribution is 0.0968. The number of aromatic nitrogens is 1. The number of anilines is 1. The van der Waals surface area contributed by atoms with Gasteiger partial charge in [-0.1, -0.05) is 17.7 Å². The first-order valence-corrected chi connectivity index (χ1v) is 11.8. The van der Waals surface area contributed by atoms with Gasteiger partial charge in [0.1, 0.15) is 0 Å². The van der Waals surface area contributed by atoms with Crippen molar-refractivity contribution in [2.24, 2.45) is 5.92 Å². The second kappa shape index (κ2) is 8.84. The van der Waals surface area contributed by atoms with Crippen molar-refractivity contribution in [2.75, 3.05) is 32.1 Å². The van der Waals surface area contributed by atoms with Crippen LogP contribution in [0.2, 0.25) is 5.02 Å². The third-order valence-corrected chi connectivity index (χ3v) is 7.13. The molecule has 1 aliphatic carbocycles. The third-order valence-electron chi connectivity index (χ3n) is 6.84. The summed E-state index contributed by atoms with van der Waals surface area (Å²) in [7, 11) is 3.60. The Balaban J connectivity index is 1.68. The first-order chi connectivity index (χ1) is 16.0. The highest BCUT2D eigenvalue weighted by molar-refractivity contribution is 6.32. The summed E-state index contributed by atoms with van der Waals surface area (Å²) < 4.78 is 5.29. The molecule has 3 aromatic rings. The molecule has 0 spiro atoms. The molecule has 5 rings (SSSR count). The first-order valence-electron chi connectivity index (χ1n) is 11.5. The maximum atomic E-state index is 13.2. The van der Waals surface area contributed by atoms with Crippen LogP contribution in [0.5, 0.6) is 11.5 Å².